The van der Waals surface area contributed by atoms with Gasteiger partial charge in [0.15, 0.2) is 0 Å². The molecule has 0 bridgehead atoms. The summed E-state index contributed by atoms with van der Waals surface area (Å²) in [6.07, 6.45) is 2.98. The average molecular weight is 283 g/mol. The molecule has 0 aliphatic heterocycles. The molecule has 0 saturated carbocycles. The predicted octanol–water partition coefficient (Wildman–Crippen LogP) is 3.89. The van der Waals surface area contributed by atoms with Crippen LogP contribution in [0.5, 0.6) is 0 Å². The summed E-state index contributed by atoms with van der Waals surface area (Å²) in [7, 11) is 0. The molecule has 0 atom stereocenters. The van der Waals surface area contributed by atoms with Crippen molar-refractivity contribution in [2.75, 3.05) is 12.0 Å². The number of thioether (sulfide) groups is 1. The maximum absolute atomic E-state index is 5.86. The number of benzene rings is 2. The van der Waals surface area contributed by atoms with Gasteiger partial charge in [0, 0.05) is 22.7 Å². The van der Waals surface area contributed by atoms with Crippen LogP contribution in [0.1, 0.15) is 12.7 Å². The van der Waals surface area contributed by atoms with Gasteiger partial charge in [-0.2, -0.15) is 0 Å². The van der Waals surface area contributed by atoms with Crippen molar-refractivity contribution in [3.8, 4) is 5.69 Å². The summed E-state index contributed by atoms with van der Waals surface area (Å²) < 4.78 is 2.22. The highest BCUT2D eigenvalue weighted by molar-refractivity contribution is 7.98. The Kier molecular flexibility index (Phi) is 3.40. The van der Waals surface area contributed by atoms with Gasteiger partial charge < -0.3 is 5.73 Å². The van der Waals surface area contributed by atoms with Crippen molar-refractivity contribution >= 4 is 28.5 Å². The van der Waals surface area contributed by atoms with Crippen molar-refractivity contribution in [1.29, 1.82) is 0 Å². The van der Waals surface area contributed by atoms with E-state index in [4.69, 9.17) is 10.7 Å². The zero-order valence-electron chi connectivity index (χ0n) is 11.6. The molecular weight excluding hydrogens is 266 g/mol. The number of aryl methyl sites for hydroxylation is 1. The molecule has 102 valence electrons. The number of anilines is 1. The zero-order valence-corrected chi connectivity index (χ0v) is 12.4. The van der Waals surface area contributed by atoms with Gasteiger partial charge in [0.05, 0.1) is 11.0 Å². The summed E-state index contributed by atoms with van der Waals surface area (Å²) in [4.78, 5) is 5.95. The first-order valence-electron chi connectivity index (χ1n) is 6.64. The van der Waals surface area contributed by atoms with E-state index in [9.17, 15) is 0 Å². The fraction of sp³-hybridized carbons (Fsp3) is 0.188. The van der Waals surface area contributed by atoms with Gasteiger partial charge in [0.25, 0.3) is 0 Å². The van der Waals surface area contributed by atoms with Gasteiger partial charge in [-0.05, 0) is 42.7 Å². The lowest BCUT2D eigenvalue weighted by atomic mass is 10.2. The third-order valence-corrected chi connectivity index (χ3v) is 4.10. The van der Waals surface area contributed by atoms with Crippen LogP contribution in [0, 0.1) is 0 Å². The molecule has 0 saturated heterocycles. The smallest absolute Gasteiger partial charge is 0.114 e. The van der Waals surface area contributed by atoms with Crippen molar-refractivity contribution in [3.63, 3.8) is 0 Å². The molecule has 3 rings (SSSR count). The standard InChI is InChI=1S/C16H17N3S/c1-3-16-18-14-9-11(17)7-8-15(14)19(16)12-5-4-6-13(10-12)20-2/h4-10H,3,17H2,1-2H3. The van der Waals surface area contributed by atoms with Crippen LogP contribution in [-0.2, 0) is 6.42 Å². The van der Waals surface area contributed by atoms with E-state index in [1.54, 1.807) is 11.8 Å². The third kappa shape index (κ3) is 2.16. The van der Waals surface area contributed by atoms with Crippen molar-refractivity contribution in [2.45, 2.75) is 18.2 Å². The van der Waals surface area contributed by atoms with E-state index in [0.29, 0.717) is 0 Å². The normalized spacial score (nSPS) is 11.1. The van der Waals surface area contributed by atoms with Crippen LogP contribution in [0.2, 0.25) is 0 Å². The van der Waals surface area contributed by atoms with Gasteiger partial charge in [-0.15, -0.1) is 11.8 Å². The van der Waals surface area contributed by atoms with Crippen LogP contribution in [0.25, 0.3) is 16.7 Å². The number of hydrogen-bond acceptors (Lipinski definition) is 3. The van der Waals surface area contributed by atoms with Gasteiger partial charge in [-0.1, -0.05) is 13.0 Å². The van der Waals surface area contributed by atoms with Crippen LogP contribution in [0.3, 0.4) is 0 Å². The topological polar surface area (TPSA) is 43.8 Å². The zero-order chi connectivity index (χ0) is 14.1. The van der Waals surface area contributed by atoms with Crippen LogP contribution < -0.4 is 5.73 Å². The number of nitrogens with zero attached hydrogens (tertiary/aromatic N) is 2. The number of nitrogens with two attached hydrogens (primary N) is 1. The Morgan fingerprint density at radius 3 is 2.80 bits per heavy atom. The molecule has 0 spiro atoms. The molecule has 1 aromatic heterocycles. The fourth-order valence-electron chi connectivity index (χ4n) is 2.42. The molecule has 0 amide bonds. The molecule has 3 nitrogen and oxygen atoms in total. The monoisotopic (exact) mass is 283 g/mol. The van der Waals surface area contributed by atoms with Gasteiger partial charge >= 0.3 is 0 Å². The highest BCUT2D eigenvalue weighted by Gasteiger charge is 2.11. The summed E-state index contributed by atoms with van der Waals surface area (Å²) in [5, 5.41) is 0. The summed E-state index contributed by atoms with van der Waals surface area (Å²) >= 11 is 1.75. The van der Waals surface area contributed by atoms with Gasteiger partial charge in [-0.25, -0.2) is 4.98 Å². The average Bonchev–Trinajstić information content (AvgIpc) is 2.84. The first-order valence-corrected chi connectivity index (χ1v) is 7.86. The van der Waals surface area contributed by atoms with E-state index in [1.165, 1.54) is 4.90 Å². The van der Waals surface area contributed by atoms with E-state index in [-0.39, 0.29) is 0 Å². The van der Waals surface area contributed by atoms with Crippen molar-refractivity contribution in [1.82, 2.24) is 9.55 Å². The molecule has 4 heteroatoms. The molecule has 0 radical (unpaired) electrons. The molecule has 0 unspecified atom stereocenters. The van der Waals surface area contributed by atoms with Crippen LogP contribution in [0.4, 0.5) is 5.69 Å². The summed E-state index contributed by atoms with van der Waals surface area (Å²) in [6, 6.07) is 14.4. The minimum absolute atomic E-state index is 0.752. The summed E-state index contributed by atoms with van der Waals surface area (Å²) in [5.74, 6) is 1.06. The number of fused-ring (bicyclic) bond motifs is 1. The number of imidazole rings is 1. The lowest BCUT2D eigenvalue weighted by Crippen LogP contribution is -2.00. The van der Waals surface area contributed by atoms with E-state index in [2.05, 4.69) is 42.0 Å². The Hall–Kier alpha value is -1.94. The van der Waals surface area contributed by atoms with Crippen molar-refractivity contribution in [2.24, 2.45) is 0 Å². The Bertz CT molecular complexity index is 762. The fourth-order valence-corrected chi connectivity index (χ4v) is 2.88. The third-order valence-electron chi connectivity index (χ3n) is 3.38. The second kappa shape index (κ2) is 5.21. The molecule has 0 fully saturated rings. The Labute approximate surface area is 122 Å². The van der Waals surface area contributed by atoms with E-state index >= 15 is 0 Å². The predicted molar refractivity (Wildman–Crippen MR) is 86.6 cm³/mol. The van der Waals surface area contributed by atoms with Crippen molar-refractivity contribution < 1.29 is 0 Å². The van der Waals surface area contributed by atoms with E-state index in [0.717, 1.165) is 34.7 Å². The molecule has 20 heavy (non-hydrogen) atoms. The first-order chi connectivity index (χ1) is 9.72. The second-order valence-electron chi connectivity index (χ2n) is 4.67. The quantitative estimate of drug-likeness (QED) is 0.586. The summed E-state index contributed by atoms with van der Waals surface area (Å²) in [6.45, 7) is 2.12. The number of aromatic nitrogens is 2. The molecule has 2 N–H and O–H groups in total. The Morgan fingerprint density at radius 1 is 1.20 bits per heavy atom. The highest BCUT2D eigenvalue weighted by atomic mass is 32.2. The number of rotatable bonds is 3. The molecule has 1 heterocycles. The van der Waals surface area contributed by atoms with Crippen LogP contribution >= 0.6 is 11.8 Å². The van der Waals surface area contributed by atoms with Crippen LogP contribution in [-0.4, -0.2) is 15.8 Å². The lowest BCUT2D eigenvalue weighted by molar-refractivity contribution is 0.906. The second-order valence-corrected chi connectivity index (χ2v) is 5.55. The van der Waals surface area contributed by atoms with E-state index < -0.39 is 0 Å². The molecular formula is C16H17N3S. The lowest BCUT2D eigenvalue weighted by Gasteiger charge is -2.09. The largest absolute Gasteiger partial charge is 0.399 e. The maximum atomic E-state index is 5.86. The first kappa shape index (κ1) is 13.1. The highest BCUT2D eigenvalue weighted by Crippen LogP contribution is 2.26. The SMILES string of the molecule is CCc1nc2cc(N)ccc2n1-c1cccc(SC)c1. The Morgan fingerprint density at radius 2 is 2.05 bits per heavy atom. The number of nitrogen functional groups attached to an aromatic ring is 1. The van der Waals surface area contributed by atoms with Gasteiger partial charge in [0.2, 0.25) is 0 Å². The minimum Gasteiger partial charge on any atom is -0.399 e. The van der Waals surface area contributed by atoms with E-state index in [1.807, 2.05) is 18.2 Å². The maximum Gasteiger partial charge on any atom is 0.114 e. The van der Waals surface area contributed by atoms with Gasteiger partial charge in [0.1, 0.15) is 5.82 Å². The molecule has 0 aliphatic carbocycles. The van der Waals surface area contributed by atoms with Gasteiger partial charge in [-0.3, -0.25) is 4.57 Å². The number of hydrogen-bond donors (Lipinski definition) is 1. The van der Waals surface area contributed by atoms with Crippen LogP contribution in [0.15, 0.2) is 47.4 Å². The minimum atomic E-state index is 0.752. The summed E-state index contributed by atoms with van der Waals surface area (Å²) in [5.41, 5.74) is 9.82. The molecule has 2 aromatic carbocycles. The van der Waals surface area contributed by atoms with Crippen molar-refractivity contribution in [3.05, 3.63) is 48.3 Å². The Balaban J connectivity index is 2.28. The molecule has 3 aromatic rings. The molecule has 0 aliphatic rings.